The zero-order valence-electron chi connectivity index (χ0n) is 18.3. The van der Waals surface area contributed by atoms with Crippen molar-refractivity contribution >= 4 is 23.6 Å². The van der Waals surface area contributed by atoms with Crippen LogP contribution in [0.5, 0.6) is 0 Å². The van der Waals surface area contributed by atoms with Crippen molar-refractivity contribution in [1.82, 2.24) is 19.4 Å². The summed E-state index contributed by atoms with van der Waals surface area (Å²) in [7, 11) is 1.94. The summed E-state index contributed by atoms with van der Waals surface area (Å²) in [4.78, 5) is 33.2. The number of nitrogens with zero attached hydrogens (tertiary/aromatic N) is 4. The normalized spacial score (nSPS) is 14.0. The molecular formula is C24H28N4O3S. The fraction of sp³-hybridized carbons (Fsp3) is 0.375. The predicted octanol–water partition coefficient (Wildman–Crippen LogP) is 3.61. The summed E-state index contributed by atoms with van der Waals surface area (Å²) in [6.07, 6.45) is 5.94. The Labute approximate surface area is 192 Å². The minimum Gasteiger partial charge on any atom is -0.455 e. The van der Waals surface area contributed by atoms with E-state index in [9.17, 15) is 9.59 Å². The van der Waals surface area contributed by atoms with Gasteiger partial charge in [-0.15, -0.1) is 0 Å². The minimum absolute atomic E-state index is 0.116. The van der Waals surface area contributed by atoms with Crippen LogP contribution in [-0.2, 0) is 24.0 Å². The molecule has 4 rings (SSSR count). The van der Waals surface area contributed by atoms with Crippen molar-refractivity contribution in [2.24, 2.45) is 7.05 Å². The SMILES string of the molecule is Cn1ccnc1SCc1ccc(C(=O)N2CCN(C(=O)CCCc3ccccc3)CC2)o1. The molecule has 0 bridgehead atoms. The van der Waals surface area contributed by atoms with Crippen LogP contribution in [0.3, 0.4) is 0 Å². The number of thioether (sulfide) groups is 1. The highest BCUT2D eigenvalue weighted by molar-refractivity contribution is 7.98. The van der Waals surface area contributed by atoms with Crippen molar-refractivity contribution in [3.8, 4) is 0 Å². The summed E-state index contributed by atoms with van der Waals surface area (Å²) in [5, 5.41) is 0.902. The molecule has 2 amide bonds. The van der Waals surface area contributed by atoms with Gasteiger partial charge in [-0.2, -0.15) is 0 Å². The van der Waals surface area contributed by atoms with Gasteiger partial charge >= 0.3 is 0 Å². The van der Waals surface area contributed by atoms with Gasteiger partial charge in [-0.1, -0.05) is 42.1 Å². The van der Waals surface area contributed by atoms with Crippen molar-refractivity contribution in [3.05, 3.63) is 71.9 Å². The summed E-state index contributed by atoms with van der Waals surface area (Å²) in [6.45, 7) is 2.19. The molecule has 168 valence electrons. The molecule has 0 N–H and O–H groups in total. The summed E-state index contributed by atoms with van der Waals surface area (Å²) in [5.41, 5.74) is 1.26. The number of furan rings is 1. The van der Waals surface area contributed by atoms with Gasteiger partial charge < -0.3 is 18.8 Å². The number of aryl methyl sites for hydroxylation is 2. The molecule has 1 aliphatic heterocycles. The van der Waals surface area contributed by atoms with Crippen LogP contribution in [0.1, 0.15) is 34.7 Å². The molecule has 0 unspecified atom stereocenters. The monoisotopic (exact) mass is 452 g/mol. The topological polar surface area (TPSA) is 71.6 Å². The van der Waals surface area contributed by atoms with Gasteiger partial charge in [-0.3, -0.25) is 9.59 Å². The number of rotatable bonds is 8. The molecule has 0 radical (unpaired) electrons. The molecule has 0 atom stereocenters. The van der Waals surface area contributed by atoms with Crippen molar-refractivity contribution in [3.63, 3.8) is 0 Å². The van der Waals surface area contributed by atoms with Gasteiger partial charge in [0.15, 0.2) is 10.9 Å². The Morgan fingerprint density at radius 3 is 2.50 bits per heavy atom. The first-order chi connectivity index (χ1) is 15.6. The minimum atomic E-state index is -0.116. The number of hydrogen-bond acceptors (Lipinski definition) is 5. The lowest BCUT2D eigenvalue weighted by Crippen LogP contribution is -2.50. The smallest absolute Gasteiger partial charge is 0.289 e. The molecule has 1 saturated heterocycles. The van der Waals surface area contributed by atoms with Crippen molar-refractivity contribution in [2.45, 2.75) is 30.2 Å². The molecule has 1 aliphatic rings. The maximum atomic E-state index is 12.8. The third-order valence-electron chi connectivity index (χ3n) is 5.61. The van der Waals surface area contributed by atoms with Crippen molar-refractivity contribution < 1.29 is 14.0 Å². The fourth-order valence-corrected chi connectivity index (χ4v) is 4.58. The highest BCUT2D eigenvalue weighted by Gasteiger charge is 2.26. The molecule has 0 saturated carbocycles. The summed E-state index contributed by atoms with van der Waals surface area (Å²) >= 11 is 1.56. The molecule has 2 aromatic heterocycles. The number of amides is 2. The second-order valence-electron chi connectivity index (χ2n) is 7.89. The van der Waals surface area contributed by atoms with E-state index >= 15 is 0 Å². The van der Waals surface area contributed by atoms with Gasteiger partial charge in [-0.25, -0.2) is 4.98 Å². The van der Waals surface area contributed by atoms with Gasteiger partial charge in [0.05, 0.1) is 5.75 Å². The lowest BCUT2D eigenvalue weighted by atomic mass is 10.1. The molecule has 32 heavy (non-hydrogen) atoms. The fourth-order valence-electron chi connectivity index (χ4n) is 3.76. The van der Waals surface area contributed by atoms with E-state index < -0.39 is 0 Å². The van der Waals surface area contributed by atoms with Crippen LogP contribution in [0.25, 0.3) is 0 Å². The van der Waals surface area contributed by atoms with E-state index in [1.165, 1.54) is 5.56 Å². The standard InChI is InChI=1S/C24H28N4O3S/c1-26-13-12-25-24(26)32-18-20-10-11-21(31-20)23(30)28-16-14-27(15-17-28)22(29)9-5-8-19-6-3-2-4-7-19/h2-4,6-7,10-13H,5,8-9,14-18H2,1H3. The number of hydrogen-bond donors (Lipinski definition) is 0. The summed E-state index contributed by atoms with van der Waals surface area (Å²) in [5.74, 6) is 1.76. The first kappa shape index (κ1) is 22.2. The van der Waals surface area contributed by atoms with E-state index in [1.807, 2.05) is 47.0 Å². The Morgan fingerprint density at radius 1 is 1.03 bits per heavy atom. The van der Waals surface area contributed by atoms with E-state index in [-0.39, 0.29) is 11.8 Å². The Kier molecular flexibility index (Phi) is 7.32. The molecule has 0 aliphatic carbocycles. The number of imidazole rings is 1. The third-order valence-corrected chi connectivity index (χ3v) is 6.69. The second kappa shape index (κ2) is 10.5. The van der Waals surface area contributed by atoms with E-state index in [4.69, 9.17) is 4.42 Å². The van der Waals surface area contributed by atoms with Crippen LogP contribution >= 0.6 is 11.8 Å². The molecule has 0 spiro atoms. The van der Waals surface area contributed by atoms with Gasteiger partial charge in [-0.05, 0) is 30.5 Å². The van der Waals surface area contributed by atoms with Gasteiger partial charge in [0.25, 0.3) is 5.91 Å². The van der Waals surface area contributed by atoms with Crippen LogP contribution in [0, 0.1) is 0 Å². The third kappa shape index (κ3) is 5.62. The van der Waals surface area contributed by atoms with E-state index in [2.05, 4.69) is 17.1 Å². The molecule has 1 aromatic carbocycles. The predicted molar refractivity (Wildman–Crippen MR) is 123 cm³/mol. The van der Waals surface area contributed by atoms with Crippen molar-refractivity contribution in [2.75, 3.05) is 26.2 Å². The number of carbonyl (C=O) groups is 2. The van der Waals surface area contributed by atoms with E-state index in [0.717, 1.165) is 23.8 Å². The Bertz CT molecular complexity index is 1040. The molecule has 3 aromatic rings. The average molecular weight is 453 g/mol. The van der Waals surface area contributed by atoms with Crippen LogP contribution < -0.4 is 0 Å². The van der Waals surface area contributed by atoms with Crippen LogP contribution in [0.4, 0.5) is 0 Å². The Hall–Kier alpha value is -3.00. The zero-order chi connectivity index (χ0) is 22.3. The Balaban J connectivity index is 1.21. The zero-order valence-corrected chi connectivity index (χ0v) is 19.1. The first-order valence-corrected chi connectivity index (χ1v) is 11.9. The molecule has 1 fully saturated rings. The molecule has 3 heterocycles. The first-order valence-electron chi connectivity index (χ1n) is 10.9. The van der Waals surface area contributed by atoms with Crippen LogP contribution in [0.15, 0.2) is 64.4 Å². The van der Waals surface area contributed by atoms with Crippen molar-refractivity contribution in [1.29, 1.82) is 0 Å². The summed E-state index contributed by atoms with van der Waals surface area (Å²) < 4.78 is 7.72. The number of carbonyl (C=O) groups excluding carboxylic acids is 2. The molecule has 7 nitrogen and oxygen atoms in total. The molecule has 8 heteroatoms. The average Bonchev–Trinajstić information content (AvgIpc) is 3.47. The van der Waals surface area contributed by atoms with Crippen LogP contribution in [0.2, 0.25) is 0 Å². The summed E-state index contributed by atoms with van der Waals surface area (Å²) in [6, 6.07) is 13.8. The number of benzene rings is 1. The van der Waals surface area contributed by atoms with Gasteiger partial charge in [0.1, 0.15) is 5.76 Å². The number of piperazine rings is 1. The lowest BCUT2D eigenvalue weighted by Gasteiger charge is -2.34. The quantitative estimate of drug-likeness (QED) is 0.488. The Morgan fingerprint density at radius 2 is 1.78 bits per heavy atom. The molecular weight excluding hydrogens is 424 g/mol. The maximum absolute atomic E-state index is 12.8. The number of aromatic nitrogens is 2. The van der Waals surface area contributed by atoms with E-state index in [0.29, 0.717) is 44.1 Å². The van der Waals surface area contributed by atoms with Crippen LogP contribution in [-0.4, -0.2) is 57.3 Å². The lowest BCUT2D eigenvalue weighted by molar-refractivity contribution is -0.132. The highest BCUT2D eigenvalue weighted by atomic mass is 32.2. The largest absolute Gasteiger partial charge is 0.455 e. The van der Waals surface area contributed by atoms with E-state index in [1.54, 1.807) is 28.9 Å². The maximum Gasteiger partial charge on any atom is 0.289 e. The van der Waals surface area contributed by atoms with Gasteiger partial charge in [0.2, 0.25) is 5.91 Å². The highest BCUT2D eigenvalue weighted by Crippen LogP contribution is 2.22. The second-order valence-corrected chi connectivity index (χ2v) is 8.83. The van der Waals surface area contributed by atoms with Gasteiger partial charge in [0, 0.05) is 52.0 Å².